The van der Waals surface area contributed by atoms with Crippen LogP contribution >= 0.6 is 11.8 Å². The van der Waals surface area contributed by atoms with Crippen LogP contribution in [0.3, 0.4) is 0 Å². The highest BCUT2D eigenvalue weighted by molar-refractivity contribution is 7.99. The minimum Gasteiger partial charge on any atom is -0.496 e. The molecule has 0 spiro atoms. The Morgan fingerprint density at radius 3 is 2.63 bits per heavy atom. The van der Waals surface area contributed by atoms with Gasteiger partial charge in [-0.1, -0.05) is 30.0 Å². The summed E-state index contributed by atoms with van der Waals surface area (Å²) in [4.78, 5) is 23.1. The van der Waals surface area contributed by atoms with Crippen LogP contribution in [-0.2, 0) is 16.1 Å². The van der Waals surface area contributed by atoms with Gasteiger partial charge in [0.1, 0.15) is 18.0 Å². The number of hydrogen-bond donors (Lipinski definition) is 1. The summed E-state index contributed by atoms with van der Waals surface area (Å²) in [6.07, 6.45) is 0. The Labute approximate surface area is 176 Å². The topological polar surface area (TPSA) is 121 Å². The number of nitrogens with zero attached hydrogens (tertiary/aromatic N) is 4. The van der Waals surface area contributed by atoms with Gasteiger partial charge >= 0.3 is 0 Å². The highest BCUT2D eigenvalue weighted by atomic mass is 32.2. The summed E-state index contributed by atoms with van der Waals surface area (Å²) in [5.74, 6) is 0.499. The molecule has 0 radical (unpaired) electrons. The van der Waals surface area contributed by atoms with Gasteiger partial charge in [-0.3, -0.25) is 19.5 Å². The molecule has 30 heavy (non-hydrogen) atoms. The number of anilines is 1. The number of rotatable bonds is 9. The maximum Gasteiger partial charge on any atom is 0.296 e. The first kappa shape index (κ1) is 21.3. The fourth-order valence-corrected chi connectivity index (χ4v) is 3.44. The maximum atomic E-state index is 12.4. The van der Waals surface area contributed by atoms with Crippen molar-refractivity contribution in [2.24, 2.45) is 0 Å². The highest BCUT2D eigenvalue weighted by Crippen LogP contribution is 2.29. The molecule has 1 amide bonds. The molecule has 156 valence electrons. The van der Waals surface area contributed by atoms with Gasteiger partial charge in [-0.05, 0) is 24.3 Å². The van der Waals surface area contributed by atoms with E-state index in [0.29, 0.717) is 16.7 Å². The van der Waals surface area contributed by atoms with E-state index in [1.807, 2.05) is 30.3 Å². The number of nitro benzene ring substituents is 1. The summed E-state index contributed by atoms with van der Waals surface area (Å²) in [6.45, 7) is 0.257. The van der Waals surface area contributed by atoms with Gasteiger partial charge in [0.2, 0.25) is 5.91 Å². The Morgan fingerprint density at radius 2 is 1.97 bits per heavy atom. The van der Waals surface area contributed by atoms with Gasteiger partial charge in [-0.25, -0.2) is 0 Å². The van der Waals surface area contributed by atoms with E-state index in [-0.39, 0.29) is 23.7 Å². The molecule has 0 saturated heterocycles. The van der Waals surface area contributed by atoms with E-state index in [4.69, 9.17) is 9.47 Å². The Hall–Kier alpha value is -3.44. The smallest absolute Gasteiger partial charge is 0.296 e. The lowest BCUT2D eigenvalue weighted by atomic mass is 10.2. The first-order valence-corrected chi connectivity index (χ1v) is 9.75. The molecule has 2 aromatic carbocycles. The van der Waals surface area contributed by atoms with Crippen molar-refractivity contribution in [2.75, 3.05) is 25.3 Å². The summed E-state index contributed by atoms with van der Waals surface area (Å²) in [7, 11) is 2.97. The molecular formula is C19H19N5O5S. The van der Waals surface area contributed by atoms with Crippen molar-refractivity contribution >= 4 is 29.0 Å². The molecule has 10 nitrogen and oxygen atoms in total. The number of nitro groups is 1. The van der Waals surface area contributed by atoms with Crippen LogP contribution in [0.1, 0.15) is 5.82 Å². The second kappa shape index (κ2) is 9.85. The van der Waals surface area contributed by atoms with Crippen molar-refractivity contribution in [3.05, 3.63) is 64.5 Å². The fourth-order valence-electron chi connectivity index (χ4n) is 2.66. The van der Waals surface area contributed by atoms with Gasteiger partial charge in [0.25, 0.3) is 5.69 Å². The molecule has 3 rings (SSSR count). The minimum atomic E-state index is -0.575. The zero-order valence-corrected chi connectivity index (χ0v) is 17.1. The van der Waals surface area contributed by atoms with Gasteiger partial charge in [-0.15, -0.1) is 10.2 Å². The van der Waals surface area contributed by atoms with E-state index in [9.17, 15) is 14.9 Å². The van der Waals surface area contributed by atoms with Crippen LogP contribution < -0.4 is 10.1 Å². The van der Waals surface area contributed by atoms with E-state index < -0.39 is 10.8 Å². The summed E-state index contributed by atoms with van der Waals surface area (Å²) in [5, 5.41) is 22.6. The zero-order valence-electron chi connectivity index (χ0n) is 16.3. The van der Waals surface area contributed by atoms with Gasteiger partial charge in [-0.2, -0.15) is 0 Å². The molecule has 1 heterocycles. The largest absolute Gasteiger partial charge is 0.496 e. The third kappa shape index (κ3) is 4.93. The summed E-state index contributed by atoms with van der Waals surface area (Å²) in [5.41, 5.74) is 0.682. The van der Waals surface area contributed by atoms with Crippen molar-refractivity contribution in [1.82, 2.24) is 14.8 Å². The number of aromatic nitrogens is 3. The van der Waals surface area contributed by atoms with E-state index in [2.05, 4.69) is 15.5 Å². The minimum absolute atomic E-state index is 0.0128. The zero-order chi connectivity index (χ0) is 21.5. The van der Waals surface area contributed by atoms with Gasteiger partial charge in [0.05, 0.1) is 23.9 Å². The van der Waals surface area contributed by atoms with Crippen LogP contribution in [0.4, 0.5) is 11.4 Å². The Bertz CT molecular complexity index is 1040. The molecule has 11 heteroatoms. The number of nitrogens with one attached hydrogen (secondary N) is 1. The molecule has 0 fully saturated rings. The van der Waals surface area contributed by atoms with Crippen LogP contribution in [0, 0.1) is 10.1 Å². The van der Waals surface area contributed by atoms with E-state index in [1.54, 1.807) is 17.7 Å². The summed E-state index contributed by atoms with van der Waals surface area (Å²) < 4.78 is 12.0. The molecule has 0 bridgehead atoms. The molecule has 0 aliphatic carbocycles. The van der Waals surface area contributed by atoms with Crippen molar-refractivity contribution in [2.45, 2.75) is 11.8 Å². The maximum absolute atomic E-state index is 12.4. The van der Waals surface area contributed by atoms with E-state index in [0.717, 1.165) is 5.69 Å². The molecular weight excluding hydrogens is 410 g/mol. The normalized spacial score (nSPS) is 10.6. The lowest BCUT2D eigenvalue weighted by Crippen LogP contribution is -2.15. The van der Waals surface area contributed by atoms with Crippen LogP contribution in [0.15, 0.2) is 53.7 Å². The molecule has 0 unspecified atom stereocenters. The molecule has 1 aromatic heterocycles. The molecule has 0 aliphatic rings. The number of ether oxygens (including phenoxy) is 2. The predicted octanol–water partition coefficient (Wildman–Crippen LogP) is 3.06. The molecule has 0 aliphatic heterocycles. The van der Waals surface area contributed by atoms with Gasteiger partial charge in [0, 0.05) is 12.8 Å². The number of thioether (sulfide) groups is 1. The summed E-state index contributed by atoms with van der Waals surface area (Å²) >= 11 is 1.17. The average Bonchev–Trinajstić information content (AvgIpc) is 3.16. The van der Waals surface area contributed by atoms with Crippen molar-refractivity contribution in [3.8, 4) is 11.4 Å². The second-order valence-corrected chi connectivity index (χ2v) is 6.92. The van der Waals surface area contributed by atoms with Crippen LogP contribution in [0.5, 0.6) is 5.75 Å². The predicted molar refractivity (Wildman–Crippen MR) is 111 cm³/mol. The number of carbonyl (C=O) groups is 1. The number of amides is 1. The van der Waals surface area contributed by atoms with Crippen LogP contribution in [0.25, 0.3) is 5.69 Å². The molecule has 0 saturated carbocycles. The quantitative estimate of drug-likeness (QED) is 0.313. The van der Waals surface area contributed by atoms with E-state index in [1.165, 1.54) is 31.0 Å². The first-order valence-electron chi connectivity index (χ1n) is 8.77. The van der Waals surface area contributed by atoms with Crippen LogP contribution in [0.2, 0.25) is 0 Å². The molecule has 3 aromatic rings. The highest BCUT2D eigenvalue weighted by Gasteiger charge is 2.19. The second-order valence-electron chi connectivity index (χ2n) is 5.98. The van der Waals surface area contributed by atoms with Crippen molar-refractivity contribution in [3.63, 3.8) is 0 Å². The third-order valence-corrected chi connectivity index (χ3v) is 4.93. The number of hydrogen-bond acceptors (Lipinski definition) is 8. The third-order valence-electron chi connectivity index (χ3n) is 4.00. The monoisotopic (exact) mass is 429 g/mol. The lowest BCUT2D eigenvalue weighted by molar-refractivity contribution is -0.384. The standard InChI is InChI=1S/C19H19N5O5S/c1-28-11-17-21-22-19(23(17)13-6-4-3-5-7-13)30-12-18(25)20-15-9-8-14(29-2)10-16(15)24(26)27/h3-10H,11-12H2,1-2H3,(H,20,25). The molecule has 0 atom stereocenters. The van der Waals surface area contributed by atoms with E-state index >= 15 is 0 Å². The lowest BCUT2D eigenvalue weighted by Gasteiger charge is -2.10. The first-order chi connectivity index (χ1) is 14.5. The van der Waals surface area contributed by atoms with Gasteiger partial charge in [0.15, 0.2) is 11.0 Å². The van der Waals surface area contributed by atoms with Crippen LogP contribution in [-0.4, -0.2) is 45.6 Å². The van der Waals surface area contributed by atoms with Crippen molar-refractivity contribution in [1.29, 1.82) is 0 Å². The number of methoxy groups -OCH3 is 2. The SMILES string of the molecule is COCc1nnc(SCC(=O)Nc2ccc(OC)cc2[N+](=O)[O-])n1-c1ccccc1. The molecule has 1 N–H and O–H groups in total. The Balaban J connectivity index is 1.75. The number of para-hydroxylation sites is 1. The number of carbonyl (C=O) groups excluding carboxylic acids is 1. The average molecular weight is 429 g/mol. The van der Waals surface area contributed by atoms with Gasteiger partial charge < -0.3 is 14.8 Å². The summed E-state index contributed by atoms with van der Waals surface area (Å²) in [6, 6.07) is 13.7. The Morgan fingerprint density at radius 1 is 1.20 bits per heavy atom. The number of benzene rings is 2. The fraction of sp³-hybridized carbons (Fsp3) is 0.211. The Kier molecular flexibility index (Phi) is 6.99. The van der Waals surface area contributed by atoms with Crippen molar-refractivity contribution < 1.29 is 19.2 Å².